The second-order valence-electron chi connectivity index (χ2n) is 7.23. The van der Waals surface area contributed by atoms with E-state index < -0.39 is 0 Å². The van der Waals surface area contributed by atoms with Gasteiger partial charge in [0.25, 0.3) is 0 Å². The smallest absolute Gasteiger partial charge is 0.248 e. The Kier molecular flexibility index (Phi) is 6.12. The fourth-order valence-electron chi connectivity index (χ4n) is 3.51. The Bertz CT molecular complexity index is 796. The Morgan fingerprint density at radius 1 is 1.19 bits per heavy atom. The monoisotopic (exact) mass is 368 g/mol. The summed E-state index contributed by atoms with van der Waals surface area (Å²) in [5, 5.41) is 3.65. The van der Waals surface area contributed by atoms with Gasteiger partial charge in [0, 0.05) is 23.3 Å². The Labute approximate surface area is 160 Å². The van der Waals surface area contributed by atoms with E-state index in [1.54, 1.807) is 12.2 Å². The Morgan fingerprint density at radius 2 is 1.96 bits per heavy atom. The number of fused-ring (bicyclic) bond motifs is 1. The molecule has 0 aliphatic heterocycles. The van der Waals surface area contributed by atoms with Gasteiger partial charge >= 0.3 is 0 Å². The number of carbonyl (C=O) groups is 1. The lowest BCUT2D eigenvalue weighted by atomic mass is 9.83. The van der Waals surface area contributed by atoms with Gasteiger partial charge in [-0.15, -0.1) is 0 Å². The average Bonchev–Trinajstić information content (AvgIpc) is 2.61. The molecular formula is C22H25ClN2O. The third-order valence-corrected chi connectivity index (χ3v) is 4.98. The molecule has 4 heteroatoms. The van der Waals surface area contributed by atoms with Gasteiger partial charge in [0.1, 0.15) is 0 Å². The largest absolute Gasteiger partial charge is 0.323 e. The van der Waals surface area contributed by atoms with E-state index in [0.717, 1.165) is 36.6 Å². The van der Waals surface area contributed by atoms with Crippen LogP contribution in [0.15, 0.2) is 48.5 Å². The van der Waals surface area contributed by atoms with Gasteiger partial charge in [-0.1, -0.05) is 29.8 Å². The van der Waals surface area contributed by atoms with Crippen LogP contribution >= 0.6 is 11.6 Å². The molecule has 1 N–H and O–H groups in total. The number of hydrogen-bond donors (Lipinski definition) is 1. The van der Waals surface area contributed by atoms with Crippen LogP contribution in [-0.4, -0.2) is 31.4 Å². The van der Waals surface area contributed by atoms with Crippen molar-refractivity contribution in [1.29, 1.82) is 0 Å². The molecule has 0 saturated heterocycles. The van der Waals surface area contributed by atoms with E-state index in [0.29, 0.717) is 5.02 Å². The molecule has 1 atom stereocenters. The summed E-state index contributed by atoms with van der Waals surface area (Å²) in [5.41, 5.74) is 4.58. The number of amides is 1. The first kappa shape index (κ1) is 18.7. The number of halogens is 1. The maximum Gasteiger partial charge on any atom is 0.248 e. The van der Waals surface area contributed by atoms with E-state index in [2.05, 4.69) is 36.4 Å². The first-order valence-corrected chi connectivity index (χ1v) is 9.38. The van der Waals surface area contributed by atoms with Gasteiger partial charge in [-0.25, -0.2) is 0 Å². The van der Waals surface area contributed by atoms with Crippen LogP contribution in [0.1, 0.15) is 23.1 Å². The van der Waals surface area contributed by atoms with Crippen molar-refractivity contribution in [2.45, 2.75) is 19.3 Å². The molecule has 1 aliphatic carbocycles. The second-order valence-corrected chi connectivity index (χ2v) is 7.67. The highest BCUT2D eigenvalue weighted by atomic mass is 35.5. The van der Waals surface area contributed by atoms with E-state index in [9.17, 15) is 4.79 Å². The predicted molar refractivity (Wildman–Crippen MR) is 110 cm³/mol. The summed E-state index contributed by atoms with van der Waals surface area (Å²) in [6.45, 7) is 1.13. The zero-order chi connectivity index (χ0) is 18.5. The summed E-state index contributed by atoms with van der Waals surface area (Å²) < 4.78 is 0. The van der Waals surface area contributed by atoms with Crippen LogP contribution in [0.25, 0.3) is 6.08 Å². The van der Waals surface area contributed by atoms with Crippen LogP contribution in [-0.2, 0) is 17.6 Å². The van der Waals surface area contributed by atoms with Crippen molar-refractivity contribution in [2.24, 2.45) is 5.92 Å². The van der Waals surface area contributed by atoms with E-state index >= 15 is 0 Å². The standard InChI is InChI=1S/C22H25ClN2O/c1-25(2)15-17-3-7-19-14-21(11-8-18(19)13-17)24-22(26)12-6-16-4-9-20(23)10-5-16/h4-6,8-12,14,17H,3,7,13,15H2,1-2H3,(H,24,26). The van der Waals surface area contributed by atoms with Crippen LogP contribution in [0.3, 0.4) is 0 Å². The number of nitrogens with zero attached hydrogens (tertiary/aromatic N) is 1. The SMILES string of the molecule is CN(C)CC1CCc2cc(NC(=O)C=Cc3ccc(Cl)cc3)ccc2C1. The Balaban J connectivity index is 1.60. The molecule has 3 rings (SSSR count). The lowest BCUT2D eigenvalue weighted by Gasteiger charge is -2.27. The minimum absolute atomic E-state index is 0.124. The zero-order valence-corrected chi connectivity index (χ0v) is 16.1. The zero-order valence-electron chi connectivity index (χ0n) is 15.3. The van der Waals surface area contributed by atoms with Gasteiger partial charge in [-0.05, 0) is 86.3 Å². The molecule has 26 heavy (non-hydrogen) atoms. The van der Waals surface area contributed by atoms with Crippen LogP contribution in [0.5, 0.6) is 0 Å². The third-order valence-electron chi connectivity index (χ3n) is 4.72. The normalized spacial score (nSPS) is 16.7. The number of benzene rings is 2. The summed E-state index contributed by atoms with van der Waals surface area (Å²) in [6, 6.07) is 13.7. The molecule has 3 nitrogen and oxygen atoms in total. The van der Waals surface area contributed by atoms with Gasteiger partial charge in [0.2, 0.25) is 5.91 Å². The van der Waals surface area contributed by atoms with Crippen LogP contribution < -0.4 is 5.32 Å². The van der Waals surface area contributed by atoms with Crippen molar-refractivity contribution < 1.29 is 4.79 Å². The number of hydrogen-bond acceptors (Lipinski definition) is 2. The first-order chi connectivity index (χ1) is 12.5. The van der Waals surface area contributed by atoms with Crippen molar-refractivity contribution in [3.8, 4) is 0 Å². The molecule has 2 aromatic carbocycles. The summed E-state index contributed by atoms with van der Waals surface area (Å²) in [4.78, 5) is 14.4. The quantitative estimate of drug-likeness (QED) is 0.778. The summed E-state index contributed by atoms with van der Waals surface area (Å²) in [7, 11) is 4.26. The summed E-state index contributed by atoms with van der Waals surface area (Å²) in [5.74, 6) is 0.599. The van der Waals surface area contributed by atoms with Gasteiger partial charge in [0.05, 0.1) is 0 Å². The van der Waals surface area contributed by atoms with Crippen LogP contribution in [0, 0.1) is 5.92 Å². The molecule has 0 spiro atoms. The van der Waals surface area contributed by atoms with Crippen molar-refractivity contribution >= 4 is 29.3 Å². The van der Waals surface area contributed by atoms with Gasteiger partial charge in [0.15, 0.2) is 0 Å². The van der Waals surface area contributed by atoms with Gasteiger partial charge in [-0.3, -0.25) is 4.79 Å². The molecule has 0 heterocycles. The van der Waals surface area contributed by atoms with E-state index in [1.165, 1.54) is 17.5 Å². The lowest BCUT2D eigenvalue weighted by Crippen LogP contribution is -2.26. The fraction of sp³-hybridized carbons (Fsp3) is 0.318. The highest BCUT2D eigenvalue weighted by molar-refractivity contribution is 6.30. The molecule has 1 amide bonds. The molecular weight excluding hydrogens is 344 g/mol. The molecule has 0 aromatic heterocycles. The van der Waals surface area contributed by atoms with E-state index in [4.69, 9.17) is 11.6 Å². The topological polar surface area (TPSA) is 32.3 Å². The lowest BCUT2D eigenvalue weighted by molar-refractivity contribution is -0.111. The minimum Gasteiger partial charge on any atom is -0.323 e. The second kappa shape index (κ2) is 8.52. The van der Waals surface area contributed by atoms with Crippen molar-refractivity contribution in [3.63, 3.8) is 0 Å². The summed E-state index contributed by atoms with van der Waals surface area (Å²) >= 11 is 5.87. The maximum absolute atomic E-state index is 12.2. The van der Waals surface area contributed by atoms with Crippen LogP contribution in [0.2, 0.25) is 5.02 Å². The van der Waals surface area contributed by atoms with Crippen molar-refractivity contribution in [3.05, 3.63) is 70.3 Å². The maximum atomic E-state index is 12.2. The number of rotatable bonds is 5. The minimum atomic E-state index is -0.124. The molecule has 0 saturated carbocycles. The molecule has 2 aromatic rings. The Hall–Kier alpha value is -2.10. The highest BCUT2D eigenvalue weighted by Crippen LogP contribution is 2.28. The molecule has 0 fully saturated rings. The van der Waals surface area contributed by atoms with Gasteiger partial charge in [-0.2, -0.15) is 0 Å². The molecule has 136 valence electrons. The number of aryl methyl sites for hydroxylation is 1. The predicted octanol–water partition coefficient (Wildman–Crippen LogP) is 4.66. The first-order valence-electron chi connectivity index (χ1n) is 9.01. The third kappa shape index (κ3) is 5.20. The molecule has 1 unspecified atom stereocenters. The Morgan fingerprint density at radius 3 is 2.69 bits per heavy atom. The molecule has 0 radical (unpaired) electrons. The van der Waals surface area contributed by atoms with E-state index in [-0.39, 0.29) is 5.91 Å². The highest BCUT2D eigenvalue weighted by Gasteiger charge is 2.19. The molecule has 1 aliphatic rings. The average molecular weight is 369 g/mol. The van der Waals surface area contributed by atoms with Crippen molar-refractivity contribution in [2.75, 3.05) is 26.0 Å². The molecule has 0 bridgehead atoms. The van der Waals surface area contributed by atoms with Crippen LogP contribution in [0.4, 0.5) is 5.69 Å². The number of carbonyl (C=O) groups excluding carboxylic acids is 1. The van der Waals surface area contributed by atoms with E-state index in [1.807, 2.05) is 30.3 Å². The number of nitrogens with one attached hydrogen (secondary N) is 1. The fourth-order valence-corrected chi connectivity index (χ4v) is 3.64. The summed E-state index contributed by atoms with van der Waals surface area (Å²) in [6.07, 6.45) is 6.75. The van der Waals surface area contributed by atoms with Gasteiger partial charge < -0.3 is 10.2 Å². The number of anilines is 1. The van der Waals surface area contributed by atoms with Crippen molar-refractivity contribution in [1.82, 2.24) is 4.90 Å².